The number of hydrogen-bond acceptors (Lipinski definition) is 4. The molecule has 3 nitrogen and oxygen atoms in total. The molecule has 1 aliphatic heterocycles. The largest absolute Gasteiger partial charge is 0.510 e. The molecule has 0 aromatic heterocycles. The van der Waals surface area contributed by atoms with E-state index in [1.807, 2.05) is 13.0 Å². The Hall–Kier alpha value is -2.04. The average Bonchev–Trinajstić information content (AvgIpc) is 2.62. The fraction of sp³-hybridized carbons (Fsp3) is 0.400. The number of benzene rings is 2. The number of aliphatic hydroxyl groups is 1. The molecule has 154 valence electrons. The Labute approximate surface area is 179 Å². The summed E-state index contributed by atoms with van der Waals surface area (Å²) in [4.78, 5) is 5.53. The van der Waals surface area contributed by atoms with Gasteiger partial charge in [-0.2, -0.15) is 0 Å². The van der Waals surface area contributed by atoms with Crippen LogP contribution in [-0.2, 0) is 15.6 Å². The third-order valence-electron chi connectivity index (χ3n) is 6.34. The van der Waals surface area contributed by atoms with Gasteiger partial charge in [-0.1, -0.05) is 65.1 Å². The van der Waals surface area contributed by atoms with Crippen molar-refractivity contribution >= 4 is 29.1 Å². The molecule has 0 fully saturated rings. The van der Waals surface area contributed by atoms with Crippen LogP contribution in [0.1, 0.15) is 51.3 Å². The van der Waals surface area contributed by atoms with Crippen molar-refractivity contribution in [3.8, 4) is 0 Å². The molecule has 0 aliphatic carbocycles. The van der Waals surface area contributed by atoms with Gasteiger partial charge in [0, 0.05) is 23.0 Å². The number of allylic oxidation sites excluding steroid dienone is 1. The molecule has 1 N–H and O–H groups in total. The Balaban J connectivity index is 2.60. The molecule has 29 heavy (non-hydrogen) atoms. The first kappa shape index (κ1) is 21.7. The minimum atomic E-state index is -0.983. The van der Waals surface area contributed by atoms with Crippen molar-refractivity contribution < 1.29 is 9.84 Å². The number of hydrogen-bond donors (Lipinski definition) is 2. The molecule has 0 amide bonds. The molecule has 0 saturated carbocycles. The van der Waals surface area contributed by atoms with Gasteiger partial charge in [0.25, 0.3) is 0 Å². The third-order valence-corrected chi connectivity index (χ3v) is 6.55. The van der Waals surface area contributed by atoms with Crippen LogP contribution in [0.15, 0.2) is 59.1 Å². The zero-order chi connectivity index (χ0) is 21.8. The van der Waals surface area contributed by atoms with E-state index in [1.165, 1.54) is 10.9 Å². The zero-order valence-corrected chi connectivity index (χ0v) is 19.2. The summed E-state index contributed by atoms with van der Waals surface area (Å²) in [6, 6.07) is 10.6. The van der Waals surface area contributed by atoms with Crippen molar-refractivity contribution in [2.75, 3.05) is 13.7 Å². The lowest BCUT2D eigenvalue weighted by atomic mass is 9.61. The summed E-state index contributed by atoms with van der Waals surface area (Å²) >= 11 is 4.55. The number of methoxy groups -OCH3 is 1. The number of aliphatic imine (C=N–C) groups is 1. The van der Waals surface area contributed by atoms with Gasteiger partial charge >= 0.3 is 0 Å². The first-order chi connectivity index (χ1) is 13.4. The van der Waals surface area contributed by atoms with Crippen LogP contribution in [0.5, 0.6) is 0 Å². The standard InChI is InChI=1S/C25H31NO2S/c1-15(29)22-19-13-20(23(3,4)5)17-11-9-10-12-18(17)21(19)24(6,14-28-8)25(7,26-22)16(2)27/h9-13,27,29H,1-2,14H2,3-8H3. The second-order valence-corrected chi connectivity index (χ2v) is 9.87. The second-order valence-electron chi connectivity index (χ2n) is 9.33. The molecule has 2 aromatic rings. The summed E-state index contributed by atoms with van der Waals surface area (Å²) in [5.74, 6) is -0.00115. The van der Waals surface area contributed by atoms with Gasteiger partial charge in [0.05, 0.1) is 12.3 Å². The molecular formula is C25H31NO2S. The van der Waals surface area contributed by atoms with Gasteiger partial charge in [-0.3, -0.25) is 4.99 Å². The number of fused-ring (bicyclic) bond motifs is 3. The summed E-state index contributed by atoms with van der Waals surface area (Å²) < 4.78 is 5.67. The Morgan fingerprint density at radius 2 is 1.76 bits per heavy atom. The van der Waals surface area contributed by atoms with E-state index in [2.05, 4.69) is 77.7 Å². The lowest BCUT2D eigenvalue weighted by molar-refractivity contribution is 0.0876. The van der Waals surface area contributed by atoms with E-state index in [9.17, 15) is 5.11 Å². The molecule has 1 heterocycles. The molecule has 4 heteroatoms. The van der Waals surface area contributed by atoms with E-state index in [0.29, 0.717) is 17.2 Å². The van der Waals surface area contributed by atoms with Gasteiger partial charge < -0.3 is 9.84 Å². The molecule has 2 aromatic carbocycles. The van der Waals surface area contributed by atoms with E-state index in [-0.39, 0.29) is 11.2 Å². The maximum atomic E-state index is 10.7. The Morgan fingerprint density at radius 3 is 2.24 bits per heavy atom. The van der Waals surface area contributed by atoms with E-state index < -0.39 is 11.0 Å². The lowest BCUT2D eigenvalue weighted by Crippen LogP contribution is -2.54. The fourth-order valence-corrected chi connectivity index (χ4v) is 4.70. The molecule has 2 atom stereocenters. The Kier molecular flexibility index (Phi) is 5.25. The monoisotopic (exact) mass is 409 g/mol. The van der Waals surface area contributed by atoms with Crippen LogP contribution in [0.4, 0.5) is 0 Å². The Morgan fingerprint density at radius 1 is 1.17 bits per heavy atom. The topological polar surface area (TPSA) is 41.8 Å². The maximum Gasteiger partial charge on any atom is 0.126 e. The molecule has 0 radical (unpaired) electrons. The first-order valence-corrected chi connectivity index (χ1v) is 10.3. The predicted molar refractivity (Wildman–Crippen MR) is 127 cm³/mol. The van der Waals surface area contributed by atoms with Crippen LogP contribution in [0.3, 0.4) is 0 Å². The minimum Gasteiger partial charge on any atom is -0.510 e. The van der Waals surface area contributed by atoms with E-state index in [1.54, 1.807) is 7.11 Å². The zero-order valence-electron chi connectivity index (χ0n) is 18.3. The molecule has 3 rings (SSSR count). The Bertz CT molecular complexity index is 1050. The van der Waals surface area contributed by atoms with E-state index in [4.69, 9.17) is 9.73 Å². The highest BCUT2D eigenvalue weighted by molar-refractivity contribution is 7.85. The van der Waals surface area contributed by atoms with Crippen LogP contribution in [0, 0.1) is 0 Å². The van der Waals surface area contributed by atoms with E-state index in [0.717, 1.165) is 16.5 Å². The van der Waals surface area contributed by atoms with Gasteiger partial charge in [0.2, 0.25) is 0 Å². The fourth-order valence-electron chi connectivity index (χ4n) is 4.53. The second kappa shape index (κ2) is 7.03. The van der Waals surface area contributed by atoms with Crippen molar-refractivity contribution in [2.45, 2.75) is 51.0 Å². The van der Waals surface area contributed by atoms with Gasteiger partial charge in [-0.25, -0.2) is 0 Å². The first-order valence-electron chi connectivity index (χ1n) is 9.81. The smallest absolute Gasteiger partial charge is 0.126 e. The van der Waals surface area contributed by atoms with Crippen LogP contribution in [-0.4, -0.2) is 30.1 Å². The van der Waals surface area contributed by atoms with Crippen molar-refractivity contribution in [1.82, 2.24) is 0 Å². The summed E-state index contributed by atoms with van der Waals surface area (Å²) in [5.41, 5.74) is 2.32. The summed E-state index contributed by atoms with van der Waals surface area (Å²) in [6.45, 7) is 18.9. The predicted octanol–water partition coefficient (Wildman–Crippen LogP) is 6.12. The van der Waals surface area contributed by atoms with Gasteiger partial charge in [-0.05, 0) is 40.3 Å². The highest BCUT2D eigenvalue weighted by Gasteiger charge is 2.53. The molecular weight excluding hydrogens is 378 g/mol. The van der Waals surface area contributed by atoms with Crippen LogP contribution in [0.25, 0.3) is 10.8 Å². The average molecular weight is 410 g/mol. The molecule has 0 bridgehead atoms. The maximum absolute atomic E-state index is 10.7. The number of ether oxygens (including phenoxy) is 1. The summed E-state index contributed by atoms with van der Waals surface area (Å²) in [6.07, 6.45) is 0. The SMILES string of the molecule is C=C(S)C1=NC(C)(C(=C)O)C(C)(COC)c2c1cc(C(C)(C)C)c1ccccc21. The molecule has 0 saturated heterocycles. The van der Waals surface area contributed by atoms with Crippen molar-refractivity contribution in [2.24, 2.45) is 4.99 Å². The van der Waals surface area contributed by atoms with Crippen molar-refractivity contribution in [3.63, 3.8) is 0 Å². The molecule has 1 aliphatic rings. The quantitative estimate of drug-likeness (QED) is 0.472. The van der Waals surface area contributed by atoms with E-state index >= 15 is 0 Å². The van der Waals surface area contributed by atoms with Gasteiger partial charge in [0.15, 0.2) is 0 Å². The van der Waals surface area contributed by atoms with Crippen LogP contribution < -0.4 is 0 Å². The lowest BCUT2D eigenvalue weighted by Gasteiger charge is -2.48. The van der Waals surface area contributed by atoms with Gasteiger partial charge in [0.1, 0.15) is 11.3 Å². The van der Waals surface area contributed by atoms with Crippen LogP contribution >= 0.6 is 12.6 Å². The number of thiol groups is 1. The summed E-state index contributed by atoms with van der Waals surface area (Å²) in [7, 11) is 1.67. The highest BCUT2D eigenvalue weighted by Crippen LogP contribution is 2.51. The van der Waals surface area contributed by atoms with Crippen molar-refractivity contribution in [1.29, 1.82) is 0 Å². The van der Waals surface area contributed by atoms with Crippen LogP contribution in [0.2, 0.25) is 0 Å². The third kappa shape index (κ3) is 3.13. The van der Waals surface area contributed by atoms with Gasteiger partial charge in [-0.15, -0.1) is 12.6 Å². The number of rotatable bonds is 4. The highest BCUT2D eigenvalue weighted by atomic mass is 32.1. The minimum absolute atomic E-state index is 0.00115. The number of nitrogens with zero attached hydrogens (tertiary/aromatic N) is 1. The summed E-state index contributed by atoms with van der Waals surface area (Å²) in [5, 5.41) is 13.0. The normalized spacial score (nSPS) is 24.2. The number of aliphatic hydroxyl groups excluding tert-OH is 1. The van der Waals surface area contributed by atoms with Crippen molar-refractivity contribution in [3.05, 3.63) is 70.8 Å². The molecule has 2 unspecified atom stereocenters. The molecule has 0 spiro atoms.